The molecule has 0 aliphatic heterocycles. The summed E-state index contributed by atoms with van der Waals surface area (Å²) in [7, 11) is 0. The van der Waals surface area contributed by atoms with Crippen LogP contribution in [0.3, 0.4) is 0 Å². The molecule has 1 aromatic carbocycles. The van der Waals surface area contributed by atoms with Crippen LogP contribution in [0.25, 0.3) is 5.65 Å². The van der Waals surface area contributed by atoms with E-state index < -0.39 is 11.6 Å². The van der Waals surface area contributed by atoms with E-state index in [0.29, 0.717) is 22.7 Å². The lowest BCUT2D eigenvalue weighted by Gasteiger charge is -2.14. The molecule has 0 spiro atoms. The maximum Gasteiger partial charge on any atom is 0.270 e. The molecule has 0 saturated carbocycles. The number of aromatic nitrogens is 3. The molecule has 0 bridgehead atoms. The van der Waals surface area contributed by atoms with Gasteiger partial charge in [0.2, 0.25) is 5.65 Å². The summed E-state index contributed by atoms with van der Waals surface area (Å²) in [4.78, 5) is 21.6. The SMILES string of the molecule is CCCC[C@H](C)NC(=O)c1c(C)nc2c(OCc3c(F)cccc3F)nc(C)cn12. The highest BCUT2D eigenvalue weighted by Crippen LogP contribution is 2.23. The number of hydrogen-bond donors (Lipinski definition) is 1. The van der Waals surface area contributed by atoms with Crippen molar-refractivity contribution >= 4 is 11.6 Å². The number of carbonyl (C=O) groups excluding carboxylic acids is 1. The second-order valence-corrected chi connectivity index (χ2v) is 7.43. The summed E-state index contributed by atoms with van der Waals surface area (Å²) in [6.45, 7) is 7.21. The van der Waals surface area contributed by atoms with Crippen LogP contribution < -0.4 is 10.1 Å². The summed E-state index contributed by atoms with van der Waals surface area (Å²) < 4.78 is 35.1. The topological polar surface area (TPSA) is 68.5 Å². The molecule has 1 atom stereocenters. The van der Waals surface area contributed by atoms with E-state index >= 15 is 0 Å². The first-order chi connectivity index (χ1) is 14.3. The Morgan fingerprint density at radius 2 is 1.93 bits per heavy atom. The first kappa shape index (κ1) is 21.7. The fourth-order valence-electron chi connectivity index (χ4n) is 3.30. The molecule has 160 valence electrons. The quantitative estimate of drug-likeness (QED) is 0.587. The van der Waals surface area contributed by atoms with Crippen molar-refractivity contribution in [2.45, 2.75) is 59.6 Å². The maximum absolute atomic E-state index is 13.9. The summed E-state index contributed by atoms with van der Waals surface area (Å²) >= 11 is 0. The van der Waals surface area contributed by atoms with Crippen molar-refractivity contribution in [2.75, 3.05) is 0 Å². The average Bonchev–Trinajstić information content (AvgIpc) is 3.01. The number of nitrogens with one attached hydrogen (secondary N) is 1. The fourth-order valence-corrected chi connectivity index (χ4v) is 3.30. The molecule has 3 aromatic rings. The predicted octanol–water partition coefficient (Wildman–Crippen LogP) is 4.51. The third-order valence-electron chi connectivity index (χ3n) is 4.87. The second kappa shape index (κ2) is 9.19. The zero-order valence-electron chi connectivity index (χ0n) is 17.6. The summed E-state index contributed by atoms with van der Waals surface area (Å²) in [5.74, 6) is -1.52. The van der Waals surface area contributed by atoms with E-state index in [1.807, 2.05) is 6.92 Å². The Bertz CT molecular complexity index is 1040. The molecule has 0 radical (unpaired) electrons. The number of fused-ring (bicyclic) bond motifs is 1. The van der Waals surface area contributed by atoms with Crippen LogP contribution >= 0.6 is 0 Å². The van der Waals surface area contributed by atoms with E-state index in [9.17, 15) is 13.6 Å². The van der Waals surface area contributed by atoms with Crippen molar-refractivity contribution in [3.63, 3.8) is 0 Å². The number of aryl methyl sites for hydroxylation is 2. The standard InChI is InChI=1S/C22H26F2N4O2/c1-5-6-8-13(2)25-21(29)19-15(4)27-20-22(26-14(3)11-28(19)20)30-12-16-17(23)9-7-10-18(16)24/h7,9-11,13H,5-6,8,12H2,1-4H3,(H,25,29)/t13-/m0/s1. The van der Waals surface area contributed by atoms with Gasteiger partial charge in [0, 0.05) is 12.2 Å². The van der Waals surface area contributed by atoms with Gasteiger partial charge in [0.25, 0.3) is 11.8 Å². The Kier molecular flexibility index (Phi) is 6.64. The van der Waals surface area contributed by atoms with Crippen LogP contribution in [0, 0.1) is 25.5 Å². The predicted molar refractivity (Wildman–Crippen MR) is 110 cm³/mol. The van der Waals surface area contributed by atoms with Crippen molar-refractivity contribution in [1.29, 1.82) is 0 Å². The Balaban J connectivity index is 1.91. The summed E-state index contributed by atoms with van der Waals surface area (Å²) in [6.07, 6.45) is 4.67. The fraction of sp³-hybridized carbons (Fsp3) is 0.409. The van der Waals surface area contributed by atoms with Gasteiger partial charge < -0.3 is 10.1 Å². The number of ether oxygens (including phenoxy) is 1. The molecule has 0 aliphatic rings. The summed E-state index contributed by atoms with van der Waals surface area (Å²) in [5.41, 5.74) is 1.62. The monoisotopic (exact) mass is 416 g/mol. The Morgan fingerprint density at radius 1 is 1.23 bits per heavy atom. The van der Waals surface area contributed by atoms with Crippen molar-refractivity contribution in [1.82, 2.24) is 19.7 Å². The van der Waals surface area contributed by atoms with Crippen molar-refractivity contribution < 1.29 is 18.3 Å². The third kappa shape index (κ3) is 4.58. The second-order valence-electron chi connectivity index (χ2n) is 7.43. The lowest BCUT2D eigenvalue weighted by atomic mass is 10.1. The van der Waals surface area contributed by atoms with Gasteiger partial charge in [0.15, 0.2) is 0 Å². The molecule has 3 rings (SSSR count). The molecule has 0 fully saturated rings. The average molecular weight is 416 g/mol. The Hall–Kier alpha value is -3.03. The minimum absolute atomic E-state index is 0.0325. The number of unbranched alkanes of at least 4 members (excludes halogenated alkanes) is 1. The molecule has 6 nitrogen and oxygen atoms in total. The molecule has 0 unspecified atom stereocenters. The molecule has 8 heteroatoms. The first-order valence-corrected chi connectivity index (χ1v) is 10.0. The van der Waals surface area contributed by atoms with Crippen LogP contribution in [0.5, 0.6) is 5.88 Å². The zero-order valence-corrected chi connectivity index (χ0v) is 17.6. The largest absolute Gasteiger partial charge is 0.470 e. The van der Waals surface area contributed by atoms with Crippen molar-refractivity contribution in [3.8, 4) is 5.88 Å². The molecule has 0 aliphatic carbocycles. The number of benzene rings is 1. The molecule has 30 heavy (non-hydrogen) atoms. The highest BCUT2D eigenvalue weighted by atomic mass is 19.1. The molecular weight excluding hydrogens is 390 g/mol. The minimum Gasteiger partial charge on any atom is -0.470 e. The normalized spacial score (nSPS) is 12.2. The number of rotatable bonds is 8. The smallest absolute Gasteiger partial charge is 0.270 e. The van der Waals surface area contributed by atoms with E-state index in [0.717, 1.165) is 19.3 Å². The van der Waals surface area contributed by atoms with E-state index in [4.69, 9.17) is 4.74 Å². The van der Waals surface area contributed by atoms with E-state index in [2.05, 4.69) is 22.2 Å². The van der Waals surface area contributed by atoms with Crippen LogP contribution in [0.2, 0.25) is 0 Å². The molecule has 2 heterocycles. The minimum atomic E-state index is -0.695. The van der Waals surface area contributed by atoms with E-state index in [1.165, 1.54) is 18.2 Å². The lowest BCUT2D eigenvalue weighted by molar-refractivity contribution is 0.0931. The lowest BCUT2D eigenvalue weighted by Crippen LogP contribution is -2.33. The van der Waals surface area contributed by atoms with Crippen molar-refractivity contribution in [2.24, 2.45) is 0 Å². The van der Waals surface area contributed by atoms with Crippen LogP contribution in [0.4, 0.5) is 8.78 Å². The van der Waals surface area contributed by atoms with Gasteiger partial charge >= 0.3 is 0 Å². The summed E-state index contributed by atoms with van der Waals surface area (Å²) in [5, 5.41) is 3.00. The first-order valence-electron chi connectivity index (χ1n) is 10.0. The maximum atomic E-state index is 13.9. The highest BCUT2D eigenvalue weighted by Gasteiger charge is 2.22. The van der Waals surface area contributed by atoms with Gasteiger partial charge in [-0.05, 0) is 39.3 Å². The number of nitrogens with zero attached hydrogens (tertiary/aromatic N) is 3. The number of carbonyl (C=O) groups is 1. The van der Waals surface area contributed by atoms with E-state index in [-0.39, 0.29) is 30.0 Å². The van der Waals surface area contributed by atoms with Crippen molar-refractivity contribution in [3.05, 3.63) is 58.7 Å². The van der Waals surface area contributed by atoms with Crippen LogP contribution in [0.1, 0.15) is 60.5 Å². The van der Waals surface area contributed by atoms with E-state index in [1.54, 1.807) is 24.4 Å². The van der Waals surface area contributed by atoms with Gasteiger partial charge in [-0.1, -0.05) is 25.8 Å². The highest BCUT2D eigenvalue weighted by molar-refractivity contribution is 5.95. The number of halogens is 2. The number of imidazole rings is 1. The van der Waals surface area contributed by atoms with Gasteiger partial charge in [-0.3, -0.25) is 9.20 Å². The number of hydrogen-bond acceptors (Lipinski definition) is 4. The zero-order chi connectivity index (χ0) is 21.8. The Labute approximate surface area is 174 Å². The van der Waals surface area contributed by atoms with Gasteiger partial charge in [0.05, 0.1) is 17.0 Å². The van der Waals surface area contributed by atoms with Crippen LogP contribution in [-0.4, -0.2) is 26.3 Å². The third-order valence-corrected chi connectivity index (χ3v) is 4.87. The molecule has 2 aromatic heterocycles. The van der Waals surface area contributed by atoms with Gasteiger partial charge in [0.1, 0.15) is 23.9 Å². The molecule has 0 saturated heterocycles. The summed E-state index contributed by atoms with van der Waals surface area (Å²) in [6, 6.07) is 3.66. The van der Waals surface area contributed by atoms with Gasteiger partial charge in [-0.2, -0.15) is 0 Å². The van der Waals surface area contributed by atoms with Gasteiger partial charge in [-0.25, -0.2) is 18.7 Å². The molecule has 1 N–H and O–H groups in total. The van der Waals surface area contributed by atoms with Crippen LogP contribution in [-0.2, 0) is 6.61 Å². The molecule has 1 amide bonds. The Morgan fingerprint density at radius 3 is 2.60 bits per heavy atom. The van der Waals surface area contributed by atoms with Crippen LogP contribution in [0.15, 0.2) is 24.4 Å². The van der Waals surface area contributed by atoms with Gasteiger partial charge in [-0.15, -0.1) is 0 Å². The number of amides is 1. The molecular formula is C22H26F2N4O2.